The molecule has 3 heteroatoms. The van der Waals surface area contributed by atoms with Gasteiger partial charge in [0, 0.05) is 0 Å². The maximum atomic E-state index is 8.38. The summed E-state index contributed by atoms with van der Waals surface area (Å²) in [6, 6.07) is 0. The number of nitrogens with two attached hydrogens (primary N) is 1. The fraction of sp³-hybridized carbons (Fsp3) is 1.00. The van der Waals surface area contributed by atoms with Gasteiger partial charge in [-0.25, -0.2) is 0 Å². The monoisotopic (exact) mass is 103 g/mol. The Morgan fingerprint density at radius 1 is 1.43 bits per heavy atom. The van der Waals surface area contributed by atoms with Gasteiger partial charge in [0.05, 0.1) is 5.54 Å². The molecule has 0 aromatic heterocycles. The summed E-state index contributed by atoms with van der Waals surface area (Å²) in [4.78, 5) is 0. The van der Waals surface area contributed by atoms with E-state index < -0.39 is 11.8 Å². The highest BCUT2D eigenvalue weighted by molar-refractivity contribution is 5.00. The standard InChI is InChI=1S/C4H9NO2/c5-4(1-2-4)3(6)7/h3,6-7H,1-2,5H2. The first-order chi connectivity index (χ1) is 3.15. The maximum absolute atomic E-state index is 8.38. The molecule has 0 aromatic carbocycles. The number of hydrogen-bond acceptors (Lipinski definition) is 3. The predicted octanol–water partition coefficient (Wildman–Crippen LogP) is -1.21. The lowest BCUT2D eigenvalue weighted by molar-refractivity contribution is -0.0661. The zero-order valence-electron chi connectivity index (χ0n) is 3.96. The van der Waals surface area contributed by atoms with Gasteiger partial charge in [-0.3, -0.25) is 0 Å². The van der Waals surface area contributed by atoms with Crippen molar-refractivity contribution in [2.45, 2.75) is 24.7 Å². The molecule has 4 N–H and O–H groups in total. The van der Waals surface area contributed by atoms with E-state index in [1.54, 1.807) is 0 Å². The molecule has 1 aliphatic carbocycles. The molecule has 0 bridgehead atoms. The highest BCUT2D eigenvalue weighted by atomic mass is 16.5. The van der Waals surface area contributed by atoms with Gasteiger partial charge in [0.25, 0.3) is 0 Å². The number of aliphatic hydroxyl groups excluding tert-OH is 1. The van der Waals surface area contributed by atoms with Crippen LogP contribution in [0.2, 0.25) is 0 Å². The van der Waals surface area contributed by atoms with Crippen molar-refractivity contribution in [2.24, 2.45) is 5.73 Å². The van der Waals surface area contributed by atoms with Crippen molar-refractivity contribution < 1.29 is 10.2 Å². The summed E-state index contributed by atoms with van der Waals surface area (Å²) in [5.41, 5.74) is 4.65. The molecule has 7 heavy (non-hydrogen) atoms. The molecule has 0 radical (unpaired) electrons. The van der Waals surface area contributed by atoms with E-state index in [2.05, 4.69) is 0 Å². The van der Waals surface area contributed by atoms with Crippen molar-refractivity contribution in [1.29, 1.82) is 0 Å². The van der Waals surface area contributed by atoms with E-state index in [0.717, 1.165) is 12.8 Å². The zero-order chi connectivity index (χ0) is 5.49. The molecule has 0 unspecified atom stereocenters. The van der Waals surface area contributed by atoms with Gasteiger partial charge in [-0.1, -0.05) is 0 Å². The summed E-state index contributed by atoms with van der Waals surface area (Å²) in [5, 5.41) is 16.8. The third kappa shape index (κ3) is 0.748. The normalized spacial score (nSPS) is 25.7. The number of aliphatic hydroxyl groups is 2. The van der Waals surface area contributed by atoms with Crippen molar-refractivity contribution in [1.82, 2.24) is 0 Å². The smallest absolute Gasteiger partial charge is 0.169 e. The Morgan fingerprint density at radius 3 is 1.86 bits per heavy atom. The van der Waals surface area contributed by atoms with E-state index in [0.29, 0.717) is 0 Å². The third-order valence-corrected chi connectivity index (χ3v) is 1.34. The molecule has 0 aromatic rings. The lowest BCUT2D eigenvalue weighted by atomic mass is 10.3. The van der Waals surface area contributed by atoms with Gasteiger partial charge in [-0.2, -0.15) is 0 Å². The summed E-state index contributed by atoms with van der Waals surface area (Å²) in [7, 11) is 0. The van der Waals surface area contributed by atoms with Crippen LogP contribution in [-0.2, 0) is 0 Å². The second kappa shape index (κ2) is 1.18. The average molecular weight is 103 g/mol. The minimum atomic E-state index is -1.31. The zero-order valence-corrected chi connectivity index (χ0v) is 3.96. The van der Waals surface area contributed by atoms with Gasteiger partial charge in [0.2, 0.25) is 0 Å². The van der Waals surface area contributed by atoms with Crippen LogP contribution in [0.5, 0.6) is 0 Å². The van der Waals surface area contributed by atoms with Crippen LogP contribution in [-0.4, -0.2) is 22.0 Å². The van der Waals surface area contributed by atoms with Crippen molar-refractivity contribution in [3.05, 3.63) is 0 Å². The molecule has 1 rings (SSSR count). The minimum Gasteiger partial charge on any atom is -0.367 e. The first-order valence-electron chi connectivity index (χ1n) is 2.30. The molecule has 0 amide bonds. The van der Waals surface area contributed by atoms with Gasteiger partial charge in [-0.05, 0) is 12.8 Å². The molecule has 0 saturated heterocycles. The molecule has 0 spiro atoms. The molecule has 1 aliphatic rings. The van der Waals surface area contributed by atoms with E-state index in [1.807, 2.05) is 0 Å². The van der Waals surface area contributed by atoms with Crippen molar-refractivity contribution in [3.63, 3.8) is 0 Å². The van der Waals surface area contributed by atoms with Crippen molar-refractivity contribution in [3.8, 4) is 0 Å². The maximum Gasteiger partial charge on any atom is 0.169 e. The SMILES string of the molecule is NC1(C(O)O)CC1. The van der Waals surface area contributed by atoms with Gasteiger partial charge in [0.15, 0.2) is 6.29 Å². The average Bonchev–Trinajstić information content (AvgIpc) is 2.21. The molecule has 1 saturated carbocycles. The number of rotatable bonds is 1. The summed E-state index contributed by atoms with van der Waals surface area (Å²) >= 11 is 0. The van der Waals surface area contributed by atoms with Gasteiger partial charge >= 0.3 is 0 Å². The Labute approximate surface area is 41.8 Å². The van der Waals surface area contributed by atoms with Crippen LogP contribution in [0.25, 0.3) is 0 Å². The van der Waals surface area contributed by atoms with E-state index in [9.17, 15) is 0 Å². The fourth-order valence-corrected chi connectivity index (χ4v) is 0.403. The highest BCUT2D eigenvalue weighted by Gasteiger charge is 2.44. The van der Waals surface area contributed by atoms with E-state index >= 15 is 0 Å². The van der Waals surface area contributed by atoms with Crippen LogP contribution >= 0.6 is 0 Å². The molecule has 1 fully saturated rings. The van der Waals surface area contributed by atoms with Crippen LogP contribution in [0.4, 0.5) is 0 Å². The summed E-state index contributed by atoms with van der Waals surface area (Å²) in [6.07, 6.45) is 0.169. The van der Waals surface area contributed by atoms with Crippen molar-refractivity contribution >= 4 is 0 Å². The van der Waals surface area contributed by atoms with Crippen LogP contribution in [0, 0.1) is 0 Å². The minimum absolute atomic E-state index is 0.639. The first kappa shape index (κ1) is 5.03. The molecule has 0 aliphatic heterocycles. The Balaban J connectivity index is 2.39. The van der Waals surface area contributed by atoms with Crippen LogP contribution < -0.4 is 5.73 Å². The van der Waals surface area contributed by atoms with Crippen LogP contribution in [0.15, 0.2) is 0 Å². The first-order valence-corrected chi connectivity index (χ1v) is 2.30. The van der Waals surface area contributed by atoms with Crippen molar-refractivity contribution in [2.75, 3.05) is 0 Å². The molecular weight excluding hydrogens is 94.0 g/mol. The predicted molar refractivity (Wildman–Crippen MR) is 24.4 cm³/mol. The lowest BCUT2D eigenvalue weighted by Gasteiger charge is -2.08. The number of hydrogen-bond donors (Lipinski definition) is 3. The van der Waals surface area contributed by atoms with Gasteiger partial charge in [0.1, 0.15) is 0 Å². The molecule has 3 nitrogen and oxygen atoms in total. The van der Waals surface area contributed by atoms with Gasteiger partial charge in [-0.15, -0.1) is 0 Å². The molecule has 0 atom stereocenters. The topological polar surface area (TPSA) is 66.5 Å². The van der Waals surface area contributed by atoms with Crippen LogP contribution in [0.3, 0.4) is 0 Å². The molecule has 0 heterocycles. The van der Waals surface area contributed by atoms with E-state index in [4.69, 9.17) is 15.9 Å². The molecular formula is C4H9NO2. The second-order valence-electron chi connectivity index (χ2n) is 2.11. The Hall–Kier alpha value is -0.120. The van der Waals surface area contributed by atoms with E-state index in [-0.39, 0.29) is 0 Å². The highest BCUT2D eigenvalue weighted by Crippen LogP contribution is 2.34. The summed E-state index contributed by atoms with van der Waals surface area (Å²) in [5.74, 6) is 0. The molecule has 42 valence electrons. The fourth-order valence-electron chi connectivity index (χ4n) is 0.403. The second-order valence-corrected chi connectivity index (χ2v) is 2.11. The van der Waals surface area contributed by atoms with Crippen LogP contribution in [0.1, 0.15) is 12.8 Å². The largest absolute Gasteiger partial charge is 0.367 e. The Bertz CT molecular complexity index is 77.8. The van der Waals surface area contributed by atoms with Gasteiger partial charge < -0.3 is 15.9 Å². The quantitative estimate of drug-likeness (QED) is 0.365. The Morgan fingerprint density at radius 2 is 1.86 bits per heavy atom. The third-order valence-electron chi connectivity index (χ3n) is 1.34. The van der Waals surface area contributed by atoms with E-state index in [1.165, 1.54) is 0 Å². The summed E-state index contributed by atoms with van der Waals surface area (Å²) < 4.78 is 0. The summed E-state index contributed by atoms with van der Waals surface area (Å²) in [6.45, 7) is 0. The lowest BCUT2D eigenvalue weighted by Crippen LogP contribution is -2.36. The Kier molecular flexibility index (Phi) is 0.849.